The first-order chi connectivity index (χ1) is 9.99. The molecule has 0 saturated carbocycles. The lowest BCUT2D eigenvalue weighted by Crippen LogP contribution is -2.07. The van der Waals surface area contributed by atoms with E-state index in [1.165, 1.54) is 5.56 Å². The standard InChI is InChI=1S/C15H16N2O3S/c1-3-9(2)10-4-6-11(7-5-10)14(20)21-15-16-12(18)8-13(19)17-15/h4-9H,3H2,1-2H3,(H2,16,17,18,19). The van der Waals surface area contributed by atoms with Crippen molar-refractivity contribution in [1.82, 2.24) is 9.97 Å². The van der Waals surface area contributed by atoms with E-state index in [1.807, 2.05) is 12.1 Å². The summed E-state index contributed by atoms with van der Waals surface area (Å²) in [5.74, 6) is 0.0482. The third kappa shape index (κ3) is 3.95. The zero-order chi connectivity index (χ0) is 15.4. The Bertz CT molecular complexity index is 695. The summed E-state index contributed by atoms with van der Waals surface area (Å²) in [6, 6.07) is 8.34. The lowest BCUT2D eigenvalue weighted by Gasteiger charge is -2.09. The molecular weight excluding hydrogens is 288 g/mol. The molecule has 2 aromatic rings. The van der Waals surface area contributed by atoms with Crippen LogP contribution in [0.3, 0.4) is 0 Å². The van der Waals surface area contributed by atoms with Crippen molar-refractivity contribution >= 4 is 16.9 Å². The number of aromatic hydroxyl groups is 1. The van der Waals surface area contributed by atoms with Gasteiger partial charge < -0.3 is 10.1 Å². The van der Waals surface area contributed by atoms with Crippen LogP contribution >= 0.6 is 11.8 Å². The SMILES string of the molecule is CCC(C)c1ccc(C(=O)Sc2nc(O)cc(=O)[nH]2)cc1. The molecular formula is C15H16N2O3S. The van der Waals surface area contributed by atoms with E-state index in [0.29, 0.717) is 11.5 Å². The van der Waals surface area contributed by atoms with Gasteiger partial charge in [0.05, 0.1) is 6.07 Å². The fraction of sp³-hybridized carbons (Fsp3) is 0.267. The van der Waals surface area contributed by atoms with Crippen molar-refractivity contribution in [3.05, 3.63) is 51.8 Å². The fourth-order valence-electron chi connectivity index (χ4n) is 1.80. The molecule has 110 valence electrons. The van der Waals surface area contributed by atoms with Crippen LogP contribution in [0.2, 0.25) is 0 Å². The largest absolute Gasteiger partial charge is 0.493 e. The number of thioether (sulfide) groups is 1. The van der Waals surface area contributed by atoms with E-state index < -0.39 is 11.4 Å². The molecule has 5 nitrogen and oxygen atoms in total. The highest BCUT2D eigenvalue weighted by molar-refractivity contribution is 8.14. The van der Waals surface area contributed by atoms with Crippen molar-refractivity contribution in [3.8, 4) is 5.88 Å². The summed E-state index contributed by atoms with van der Waals surface area (Å²) in [7, 11) is 0. The molecule has 1 heterocycles. The van der Waals surface area contributed by atoms with E-state index >= 15 is 0 Å². The van der Waals surface area contributed by atoms with Gasteiger partial charge in [-0.2, -0.15) is 4.98 Å². The molecule has 0 aliphatic heterocycles. The molecule has 0 radical (unpaired) electrons. The van der Waals surface area contributed by atoms with Crippen LogP contribution in [0.1, 0.15) is 42.1 Å². The number of aromatic amines is 1. The van der Waals surface area contributed by atoms with Crippen molar-refractivity contribution in [3.63, 3.8) is 0 Å². The number of rotatable bonds is 4. The normalized spacial score (nSPS) is 12.1. The summed E-state index contributed by atoms with van der Waals surface area (Å²) in [5, 5.41) is 9.09. The fourth-order valence-corrected chi connectivity index (χ4v) is 2.52. The molecule has 1 unspecified atom stereocenters. The molecule has 0 aliphatic rings. The summed E-state index contributed by atoms with van der Waals surface area (Å²) in [4.78, 5) is 29.4. The summed E-state index contributed by atoms with van der Waals surface area (Å²) in [5.41, 5.74) is 1.21. The molecule has 21 heavy (non-hydrogen) atoms. The lowest BCUT2D eigenvalue weighted by molar-refractivity contribution is 0.108. The number of nitrogens with zero attached hydrogens (tertiary/aromatic N) is 1. The second kappa shape index (κ2) is 6.58. The molecule has 0 fully saturated rings. The highest BCUT2D eigenvalue weighted by Gasteiger charge is 2.12. The first kappa shape index (κ1) is 15.3. The number of hydrogen-bond donors (Lipinski definition) is 2. The van der Waals surface area contributed by atoms with E-state index in [0.717, 1.165) is 24.2 Å². The first-order valence-corrected chi connectivity index (χ1v) is 7.43. The second-order valence-electron chi connectivity index (χ2n) is 4.73. The minimum Gasteiger partial charge on any atom is -0.493 e. The molecule has 2 rings (SSSR count). The van der Waals surface area contributed by atoms with Gasteiger partial charge in [-0.15, -0.1) is 0 Å². The van der Waals surface area contributed by atoms with Crippen LogP contribution in [0.25, 0.3) is 0 Å². The Morgan fingerprint density at radius 1 is 1.38 bits per heavy atom. The number of carbonyl (C=O) groups is 1. The van der Waals surface area contributed by atoms with Crippen LogP contribution in [0, 0.1) is 0 Å². The number of aromatic nitrogens is 2. The zero-order valence-electron chi connectivity index (χ0n) is 11.8. The molecule has 0 amide bonds. The average molecular weight is 304 g/mol. The molecule has 1 atom stereocenters. The van der Waals surface area contributed by atoms with E-state index in [1.54, 1.807) is 12.1 Å². The maximum atomic E-state index is 12.1. The van der Waals surface area contributed by atoms with Crippen LogP contribution in [0.5, 0.6) is 5.88 Å². The van der Waals surface area contributed by atoms with Crippen LogP contribution in [-0.2, 0) is 0 Å². The van der Waals surface area contributed by atoms with Gasteiger partial charge in [0, 0.05) is 5.56 Å². The van der Waals surface area contributed by atoms with Crippen molar-refractivity contribution in [2.75, 3.05) is 0 Å². The van der Waals surface area contributed by atoms with E-state index in [-0.39, 0.29) is 10.3 Å². The minimum atomic E-state index is -0.495. The van der Waals surface area contributed by atoms with Gasteiger partial charge in [0.15, 0.2) is 5.16 Å². The van der Waals surface area contributed by atoms with Gasteiger partial charge in [-0.3, -0.25) is 9.59 Å². The minimum absolute atomic E-state index is 0.0796. The van der Waals surface area contributed by atoms with Crippen LogP contribution in [-0.4, -0.2) is 20.2 Å². The molecule has 6 heteroatoms. The summed E-state index contributed by atoms with van der Waals surface area (Å²) < 4.78 is 0. The Labute approximate surface area is 126 Å². The highest BCUT2D eigenvalue weighted by atomic mass is 32.2. The maximum Gasteiger partial charge on any atom is 0.255 e. The topological polar surface area (TPSA) is 83.0 Å². The number of nitrogens with one attached hydrogen (secondary N) is 1. The maximum absolute atomic E-state index is 12.1. The van der Waals surface area contributed by atoms with Gasteiger partial charge in [0.1, 0.15) is 0 Å². The van der Waals surface area contributed by atoms with E-state index in [4.69, 9.17) is 0 Å². The Kier molecular flexibility index (Phi) is 4.80. The molecule has 0 spiro atoms. The number of hydrogen-bond acceptors (Lipinski definition) is 5. The Morgan fingerprint density at radius 3 is 2.62 bits per heavy atom. The second-order valence-corrected chi connectivity index (χ2v) is 5.69. The predicted molar refractivity (Wildman–Crippen MR) is 81.9 cm³/mol. The molecule has 0 bridgehead atoms. The summed E-state index contributed by atoms with van der Waals surface area (Å²) >= 11 is 0.779. The zero-order valence-corrected chi connectivity index (χ0v) is 12.6. The molecule has 1 aromatic heterocycles. The smallest absolute Gasteiger partial charge is 0.255 e. The highest BCUT2D eigenvalue weighted by Crippen LogP contribution is 2.23. The number of carbonyl (C=O) groups excluding carboxylic acids is 1. The lowest BCUT2D eigenvalue weighted by atomic mass is 9.98. The summed E-state index contributed by atoms with van der Waals surface area (Å²) in [6.07, 6.45) is 1.04. The third-order valence-corrected chi connectivity index (χ3v) is 4.03. The van der Waals surface area contributed by atoms with E-state index in [2.05, 4.69) is 23.8 Å². The molecule has 1 aromatic carbocycles. The van der Waals surface area contributed by atoms with Crippen LogP contribution in [0.15, 0.2) is 40.3 Å². The monoisotopic (exact) mass is 304 g/mol. The van der Waals surface area contributed by atoms with Gasteiger partial charge in [0.25, 0.3) is 5.56 Å². The van der Waals surface area contributed by atoms with Gasteiger partial charge in [-0.1, -0.05) is 38.1 Å². The Morgan fingerprint density at radius 2 is 2.05 bits per heavy atom. The summed E-state index contributed by atoms with van der Waals surface area (Å²) in [6.45, 7) is 4.25. The Balaban J connectivity index is 2.15. The number of H-pyrrole nitrogens is 1. The average Bonchev–Trinajstić information content (AvgIpc) is 2.45. The van der Waals surface area contributed by atoms with Gasteiger partial charge in [-0.25, -0.2) is 0 Å². The van der Waals surface area contributed by atoms with Crippen LogP contribution in [0.4, 0.5) is 0 Å². The van der Waals surface area contributed by atoms with Gasteiger partial charge >= 0.3 is 0 Å². The predicted octanol–water partition coefficient (Wildman–Crippen LogP) is 2.92. The third-order valence-electron chi connectivity index (χ3n) is 3.22. The first-order valence-electron chi connectivity index (χ1n) is 6.62. The van der Waals surface area contributed by atoms with Gasteiger partial charge in [-0.05, 0) is 29.7 Å². The van der Waals surface area contributed by atoms with Gasteiger partial charge in [0.2, 0.25) is 11.0 Å². The molecule has 0 aliphatic carbocycles. The number of benzene rings is 1. The van der Waals surface area contributed by atoms with Crippen molar-refractivity contribution < 1.29 is 9.90 Å². The van der Waals surface area contributed by atoms with E-state index in [9.17, 15) is 14.7 Å². The molecule has 2 N–H and O–H groups in total. The van der Waals surface area contributed by atoms with Crippen molar-refractivity contribution in [2.24, 2.45) is 0 Å². The quantitative estimate of drug-likeness (QED) is 0.670. The Hall–Kier alpha value is -2.08. The molecule has 0 saturated heterocycles. The van der Waals surface area contributed by atoms with Crippen LogP contribution < -0.4 is 5.56 Å². The van der Waals surface area contributed by atoms with Crippen molar-refractivity contribution in [1.29, 1.82) is 0 Å². The van der Waals surface area contributed by atoms with Crippen molar-refractivity contribution in [2.45, 2.75) is 31.3 Å².